The zero-order valence-corrected chi connectivity index (χ0v) is 29.5. The summed E-state index contributed by atoms with van der Waals surface area (Å²) in [5, 5.41) is 25.5. The van der Waals surface area contributed by atoms with Crippen LogP contribution in [-0.4, -0.2) is 41.0 Å². The number of unbranched alkanes of at least 4 members (excludes halogenated alkanes) is 2. The average Bonchev–Trinajstić information content (AvgIpc) is 3.54. The first-order chi connectivity index (χ1) is 25.0. The minimum Gasteiger partial charge on any atom is -0.490 e. The lowest BCUT2D eigenvalue weighted by atomic mass is 10.2. The van der Waals surface area contributed by atoms with Gasteiger partial charge < -0.3 is 18.5 Å². The molecule has 0 atom stereocenters. The Labute approximate surface area is 299 Å². The highest BCUT2D eigenvalue weighted by Crippen LogP contribution is 2.48. The molecule has 4 aromatic rings. The molecule has 0 aliphatic heterocycles. The molecule has 0 unspecified atom stereocenters. The number of rotatable bonds is 20. The maximum absolute atomic E-state index is 14.3. The maximum Gasteiger partial charge on any atom is 0.445 e. The lowest BCUT2D eigenvalue weighted by Crippen LogP contribution is -2.26. The third-order valence-electron chi connectivity index (χ3n) is 6.83. The molecule has 4 rings (SSSR count). The molecule has 270 valence electrons. The van der Waals surface area contributed by atoms with E-state index < -0.39 is 35.5 Å². The zero-order valence-electron chi connectivity index (χ0n) is 27.0. The van der Waals surface area contributed by atoms with Gasteiger partial charge >= 0.3 is 7.60 Å². The first kappa shape index (κ1) is 39.2. The second-order valence-corrected chi connectivity index (χ2v) is 15.5. The normalized spacial score (nSPS) is 11.1. The molecule has 1 aromatic heterocycles. The molecule has 0 saturated heterocycles. The summed E-state index contributed by atoms with van der Waals surface area (Å²) < 4.78 is 94.9. The highest BCUT2D eigenvalue weighted by Gasteiger charge is 2.32. The molecule has 0 amide bonds. The van der Waals surface area contributed by atoms with E-state index >= 15 is 0 Å². The predicted octanol–water partition coefficient (Wildman–Crippen LogP) is 8.45. The van der Waals surface area contributed by atoms with Gasteiger partial charge in [0, 0.05) is 45.8 Å². The summed E-state index contributed by atoms with van der Waals surface area (Å²) in [7, 11) is -9.06. The van der Waals surface area contributed by atoms with Crippen LogP contribution in [0.4, 0.5) is 8.78 Å². The van der Waals surface area contributed by atoms with E-state index in [4.69, 9.17) is 40.1 Å². The number of benzene rings is 3. The molecule has 3 aromatic carbocycles. The average molecular weight is 772 g/mol. The minimum absolute atomic E-state index is 0.199. The number of thiophene rings is 1. The Kier molecular flexibility index (Phi) is 14.0. The number of nitrogens with zero attached hydrogens (tertiary/aromatic N) is 8. The van der Waals surface area contributed by atoms with Crippen molar-refractivity contribution in [2.45, 2.75) is 29.9 Å². The summed E-state index contributed by atoms with van der Waals surface area (Å²) in [6, 6.07) is 13.7. The number of halogens is 2. The van der Waals surface area contributed by atoms with E-state index in [1.807, 2.05) is 0 Å². The molecule has 21 heteroatoms. The van der Waals surface area contributed by atoms with Crippen molar-refractivity contribution >= 4 is 39.0 Å². The Morgan fingerprint density at radius 1 is 0.808 bits per heavy atom. The van der Waals surface area contributed by atoms with E-state index in [9.17, 15) is 21.8 Å². The van der Waals surface area contributed by atoms with Crippen LogP contribution in [0.5, 0.6) is 23.0 Å². The molecule has 0 radical (unpaired) electrons. The summed E-state index contributed by atoms with van der Waals surface area (Å²) in [5.74, 6) is -2.08. The van der Waals surface area contributed by atoms with Crippen molar-refractivity contribution < 1.29 is 40.3 Å². The van der Waals surface area contributed by atoms with Gasteiger partial charge in [0.2, 0.25) is 0 Å². The number of azide groups is 2. The number of hydrogen-bond donors (Lipinski definition) is 1. The fraction of sp³-hybridized carbons (Fsp3) is 0.290. The van der Waals surface area contributed by atoms with Crippen molar-refractivity contribution in [3.8, 4) is 35.1 Å². The Morgan fingerprint density at radius 2 is 1.33 bits per heavy atom. The molecule has 0 spiro atoms. The topological polar surface area (TPSA) is 245 Å². The Balaban J connectivity index is 1.59. The Morgan fingerprint density at radius 3 is 1.81 bits per heavy atom. The van der Waals surface area contributed by atoms with Crippen LogP contribution in [0.15, 0.2) is 69.0 Å². The standard InChI is InChI=1S/C31H28F2N9O7PS2/c32-26-15-24(7-5-21(26)18-34)48-50(43,49-25-8-6-22(19-35)27(33)16-25)20-40-52(44,45)31-14-23-13-28(46-11-3-1-9-38-41-36)29(17-30(23)51-31)47-12-4-2-10-39-42-37/h5-8,13-17,40H,1-4,9-12,20H2. The first-order valence-electron chi connectivity index (χ1n) is 15.2. The summed E-state index contributed by atoms with van der Waals surface area (Å²) in [5.41, 5.74) is 16.3. The molecule has 0 bridgehead atoms. The van der Waals surface area contributed by atoms with Crippen molar-refractivity contribution in [2.24, 2.45) is 10.2 Å². The second kappa shape index (κ2) is 18.6. The van der Waals surface area contributed by atoms with Gasteiger partial charge in [-0.3, -0.25) is 0 Å². The van der Waals surface area contributed by atoms with Crippen molar-refractivity contribution in [1.29, 1.82) is 10.5 Å². The van der Waals surface area contributed by atoms with Crippen LogP contribution >= 0.6 is 18.9 Å². The third kappa shape index (κ3) is 11.0. The molecule has 0 saturated carbocycles. The monoisotopic (exact) mass is 771 g/mol. The highest BCUT2D eigenvalue weighted by atomic mass is 32.2. The molecule has 0 aliphatic rings. The van der Waals surface area contributed by atoms with Gasteiger partial charge in [0.05, 0.1) is 24.3 Å². The largest absolute Gasteiger partial charge is 0.490 e. The van der Waals surface area contributed by atoms with Gasteiger partial charge in [-0.25, -0.2) is 21.8 Å². The third-order valence-corrected chi connectivity index (χ3v) is 11.5. The summed E-state index contributed by atoms with van der Waals surface area (Å²) in [6.07, 6.45) is 1.27. The minimum atomic E-state index is -4.64. The maximum atomic E-state index is 14.3. The van der Waals surface area contributed by atoms with E-state index in [1.54, 1.807) is 24.3 Å². The molecule has 0 fully saturated rings. The van der Waals surface area contributed by atoms with Crippen molar-refractivity contribution in [3.05, 3.63) is 98.2 Å². The smallest absolute Gasteiger partial charge is 0.445 e. The second-order valence-electron chi connectivity index (χ2n) is 10.5. The molecule has 1 heterocycles. The SMILES string of the molecule is N#Cc1ccc(OP(=O)(CNS(=O)(=O)c2cc3cc(OCCCCN=[N+]=[N-])c(OCCCCN=[N+]=[N-])cc3s2)Oc2ccc(C#N)c(F)c2)cc1F. The molecular weight excluding hydrogens is 744 g/mol. The molecule has 0 aliphatic carbocycles. The summed E-state index contributed by atoms with van der Waals surface area (Å²) >= 11 is 0.866. The summed E-state index contributed by atoms with van der Waals surface area (Å²) in [4.78, 5) is 5.43. The van der Waals surface area contributed by atoms with Gasteiger partial charge in [0.15, 0.2) is 11.5 Å². The van der Waals surface area contributed by atoms with E-state index in [1.165, 1.54) is 6.07 Å². The van der Waals surface area contributed by atoms with Crippen LogP contribution < -0.4 is 23.2 Å². The van der Waals surface area contributed by atoms with Crippen LogP contribution in [0.2, 0.25) is 0 Å². The lowest BCUT2D eigenvalue weighted by Gasteiger charge is -2.20. The molecule has 52 heavy (non-hydrogen) atoms. The Bertz CT molecular complexity index is 2130. The molecule has 16 nitrogen and oxygen atoms in total. The number of ether oxygens (including phenoxy) is 2. The van der Waals surface area contributed by atoms with Crippen molar-refractivity contribution in [1.82, 2.24) is 4.72 Å². The van der Waals surface area contributed by atoms with Gasteiger partial charge in [-0.15, -0.1) is 11.3 Å². The van der Waals surface area contributed by atoms with Crippen molar-refractivity contribution in [3.63, 3.8) is 0 Å². The number of fused-ring (bicyclic) bond motifs is 1. The summed E-state index contributed by atoms with van der Waals surface area (Å²) in [6.45, 7) is 1.09. The van der Waals surface area contributed by atoms with Gasteiger partial charge in [-0.1, -0.05) is 10.2 Å². The first-order valence-corrected chi connectivity index (χ1v) is 19.3. The predicted molar refractivity (Wildman–Crippen MR) is 186 cm³/mol. The highest BCUT2D eigenvalue weighted by molar-refractivity contribution is 7.92. The van der Waals surface area contributed by atoms with Crippen LogP contribution in [0.25, 0.3) is 31.0 Å². The lowest BCUT2D eigenvalue weighted by molar-refractivity contribution is 0.261. The van der Waals surface area contributed by atoms with Crippen LogP contribution in [0, 0.1) is 34.3 Å². The number of nitriles is 2. The Hall–Kier alpha value is -5.58. The van der Waals surface area contributed by atoms with Gasteiger partial charge in [0.1, 0.15) is 45.8 Å². The van der Waals surface area contributed by atoms with Gasteiger partial charge in [0.25, 0.3) is 10.0 Å². The van der Waals surface area contributed by atoms with Gasteiger partial charge in [-0.05, 0) is 78.5 Å². The molecule has 1 N–H and O–H groups in total. The van der Waals surface area contributed by atoms with E-state index in [2.05, 4.69) is 24.8 Å². The number of nitrogens with one attached hydrogen (secondary N) is 1. The van der Waals surface area contributed by atoms with E-state index in [0.29, 0.717) is 60.4 Å². The van der Waals surface area contributed by atoms with Gasteiger partial charge in [-0.2, -0.15) is 15.2 Å². The van der Waals surface area contributed by atoms with Crippen LogP contribution in [-0.2, 0) is 14.6 Å². The fourth-order valence-electron chi connectivity index (χ4n) is 4.33. The molecular formula is C31H28F2N9O7PS2. The van der Waals surface area contributed by atoms with Crippen molar-refractivity contribution in [2.75, 3.05) is 32.6 Å². The quantitative estimate of drug-likeness (QED) is 0.0297. The van der Waals surface area contributed by atoms with Crippen LogP contribution in [0.3, 0.4) is 0 Å². The van der Waals surface area contributed by atoms with E-state index in [0.717, 1.165) is 47.7 Å². The fourth-order valence-corrected chi connectivity index (χ4v) is 8.79. The van der Waals surface area contributed by atoms with Crippen LogP contribution in [0.1, 0.15) is 36.8 Å². The number of sulfonamides is 1. The van der Waals surface area contributed by atoms with E-state index in [-0.39, 0.29) is 40.0 Å². The number of hydrogen-bond acceptors (Lipinski definition) is 12. The zero-order chi connectivity index (χ0) is 37.6.